The van der Waals surface area contributed by atoms with Crippen molar-refractivity contribution in [2.24, 2.45) is 5.73 Å². The lowest BCUT2D eigenvalue weighted by atomic mass is 10.2. The van der Waals surface area contributed by atoms with E-state index in [1.807, 2.05) is 43.8 Å². The molecule has 18 heavy (non-hydrogen) atoms. The Bertz CT molecular complexity index is 354. The van der Waals surface area contributed by atoms with E-state index in [4.69, 9.17) is 5.73 Å². The Morgan fingerprint density at radius 1 is 1.33 bits per heavy atom. The van der Waals surface area contributed by atoms with Crippen LogP contribution in [0.2, 0.25) is 0 Å². The number of carbonyl (C=O) groups excluding carboxylic acids is 1. The van der Waals surface area contributed by atoms with Crippen molar-refractivity contribution in [3.63, 3.8) is 0 Å². The number of primary amides is 1. The van der Waals surface area contributed by atoms with Gasteiger partial charge in [0.25, 0.3) is 0 Å². The summed E-state index contributed by atoms with van der Waals surface area (Å²) in [7, 11) is 0. The van der Waals surface area contributed by atoms with E-state index in [9.17, 15) is 4.79 Å². The molecule has 3 N–H and O–H groups in total. The third kappa shape index (κ3) is 6.07. The molecule has 4 heteroatoms. The summed E-state index contributed by atoms with van der Waals surface area (Å²) in [5.41, 5.74) is 6.68. The quantitative estimate of drug-likeness (QED) is 0.709. The van der Waals surface area contributed by atoms with Gasteiger partial charge in [-0.25, -0.2) is 0 Å². The minimum Gasteiger partial charge on any atom is -0.368 e. The monoisotopic (exact) mass is 266 g/mol. The highest BCUT2D eigenvalue weighted by Gasteiger charge is 2.15. The van der Waals surface area contributed by atoms with Crippen molar-refractivity contribution in [1.29, 1.82) is 0 Å². The molecule has 0 saturated heterocycles. The van der Waals surface area contributed by atoms with Crippen LogP contribution in [0.25, 0.3) is 0 Å². The summed E-state index contributed by atoms with van der Waals surface area (Å²) in [4.78, 5) is 11.2. The van der Waals surface area contributed by atoms with Crippen LogP contribution in [0.1, 0.15) is 25.8 Å². The summed E-state index contributed by atoms with van der Waals surface area (Å²) in [6.07, 6.45) is 0.783. The molecule has 1 aromatic carbocycles. The SMILES string of the molecule is CC(C)NC(CCSCc1ccccc1)C(N)=O. The zero-order valence-corrected chi connectivity index (χ0v) is 11.9. The second kappa shape index (κ2) is 8.16. The number of hydrogen-bond acceptors (Lipinski definition) is 3. The molecule has 0 aliphatic rings. The lowest BCUT2D eigenvalue weighted by molar-refractivity contribution is -0.120. The fourth-order valence-corrected chi connectivity index (χ4v) is 2.65. The number of benzene rings is 1. The lowest BCUT2D eigenvalue weighted by Gasteiger charge is -2.17. The largest absolute Gasteiger partial charge is 0.368 e. The summed E-state index contributed by atoms with van der Waals surface area (Å²) in [5, 5.41) is 3.19. The molecule has 100 valence electrons. The van der Waals surface area contributed by atoms with Gasteiger partial charge in [-0.15, -0.1) is 0 Å². The van der Waals surface area contributed by atoms with Gasteiger partial charge in [-0.1, -0.05) is 44.2 Å². The molecule has 1 rings (SSSR count). The Morgan fingerprint density at radius 2 is 2.00 bits per heavy atom. The van der Waals surface area contributed by atoms with Gasteiger partial charge in [0.15, 0.2) is 0 Å². The molecule has 1 aromatic rings. The van der Waals surface area contributed by atoms with Crippen LogP contribution in [-0.4, -0.2) is 23.7 Å². The van der Waals surface area contributed by atoms with E-state index in [-0.39, 0.29) is 18.0 Å². The predicted octanol–water partition coefficient (Wildman–Crippen LogP) is 2.16. The van der Waals surface area contributed by atoms with Crippen LogP contribution in [0.15, 0.2) is 30.3 Å². The van der Waals surface area contributed by atoms with Gasteiger partial charge in [0.2, 0.25) is 5.91 Å². The summed E-state index contributed by atoms with van der Waals surface area (Å²) in [5.74, 6) is 1.65. The first-order valence-corrected chi connectivity index (χ1v) is 7.42. The average Bonchev–Trinajstić information content (AvgIpc) is 2.33. The van der Waals surface area contributed by atoms with Gasteiger partial charge in [0.05, 0.1) is 6.04 Å². The predicted molar refractivity (Wildman–Crippen MR) is 78.5 cm³/mol. The second-order valence-electron chi connectivity index (χ2n) is 4.60. The summed E-state index contributed by atoms with van der Waals surface area (Å²) in [6, 6.07) is 10.4. The molecule has 0 heterocycles. The fraction of sp³-hybridized carbons (Fsp3) is 0.500. The van der Waals surface area contributed by atoms with Gasteiger partial charge in [0, 0.05) is 11.8 Å². The van der Waals surface area contributed by atoms with E-state index >= 15 is 0 Å². The van der Waals surface area contributed by atoms with Crippen LogP contribution in [0.3, 0.4) is 0 Å². The van der Waals surface area contributed by atoms with Crippen LogP contribution < -0.4 is 11.1 Å². The second-order valence-corrected chi connectivity index (χ2v) is 5.71. The standard InChI is InChI=1S/C14H22N2OS/c1-11(2)16-13(14(15)17)8-9-18-10-12-6-4-3-5-7-12/h3-7,11,13,16H,8-10H2,1-2H3,(H2,15,17). The molecule has 0 saturated carbocycles. The topological polar surface area (TPSA) is 55.1 Å². The minimum absolute atomic E-state index is 0.215. The summed E-state index contributed by atoms with van der Waals surface area (Å²) >= 11 is 1.83. The summed E-state index contributed by atoms with van der Waals surface area (Å²) < 4.78 is 0. The van der Waals surface area contributed by atoms with Crippen molar-refractivity contribution in [2.75, 3.05) is 5.75 Å². The Balaban J connectivity index is 2.25. The average molecular weight is 266 g/mol. The van der Waals surface area contributed by atoms with Gasteiger partial charge < -0.3 is 11.1 Å². The lowest BCUT2D eigenvalue weighted by Crippen LogP contribution is -2.44. The number of nitrogens with one attached hydrogen (secondary N) is 1. The van der Waals surface area contributed by atoms with Crippen LogP contribution in [0.5, 0.6) is 0 Å². The van der Waals surface area contributed by atoms with Gasteiger partial charge in [-0.3, -0.25) is 4.79 Å². The summed E-state index contributed by atoms with van der Waals surface area (Å²) in [6.45, 7) is 4.04. The van der Waals surface area contributed by atoms with Gasteiger partial charge in [-0.2, -0.15) is 11.8 Å². The van der Waals surface area contributed by atoms with Crippen LogP contribution in [0.4, 0.5) is 0 Å². The molecule has 0 aromatic heterocycles. The van der Waals surface area contributed by atoms with E-state index in [1.165, 1.54) is 5.56 Å². The normalized spacial score (nSPS) is 12.6. The smallest absolute Gasteiger partial charge is 0.234 e. The first-order valence-electron chi connectivity index (χ1n) is 6.26. The van der Waals surface area contributed by atoms with Crippen molar-refractivity contribution in [2.45, 2.75) is 38.1 Å². The Kier molecular flexibility index (Phi) is 6.83. The van der Waals surface area contributed by atoms with Crippen molar-refractivity contribution in [1.82, 2.24) is 5.32 Å². The zero-order chi connectivity index (χ0) is 13.4. The number of nitrogens with two attached hydrogens (primary N) is 1. The molecule has 3 nitrogen and oxygen atoms in total. The van der Waals surface area contributed by atoms with Crippen molar-refractivity contribution >= 4 is 17.7 Å². The third-order valence-corrected chi connectivity index (χ3v) is 3.60. The minimum atomic E-state index is -0.260. The highest BCUT2D eigenvalue weighted by Crippen LogP contribution is 2.13. The number of thioether (sulfide) groups is 1. The molecule has 1 unspecified atom stereocenters. The Hall–Kier alpha value is -1.00. The van der Waals surface area contributed by atoms with Gasteiger partial charge >= 0.3 is 0 Å². The number of rotatable bonds is 8. The number of carbonyl (C=O) groups is 1. The zero-order valence-electron chi connectivity index (χ0n) is 11.1. The molecule has 0 bridgehead atoms. The van der Waals surface area contributed by atoms with Gasteiger partial charge in [0.1, 0.15) is 0 Å². The van der Waals surface area contributed by atoms with Crippen LogP contribution in [0, 0.1) is 0 Å². The van der Waals surface area contributed by atoms with E-state index < -0.39 is 0 Å². The molecule has 0 fully saturated rings. The van der Waals surface area contributed by atoms with E-state index in [0.29, 0.717) is 0 Å². The van der Waals surface area contributed by atoms with Crippen molar-refractivity contribution in [3.8, 4) is 0 Å². The first kappa shape index (κ1) is 15.1. The molecular weight excluding hydrogens is 244 g/mol. The maximum Gasteiger partial charge on any atom is 0.234 e. The highest BCUT2D eigenvalue weighted by atomic mass is 32.2. The molecule has 0 aliphatic carbocycles. The molecular formula is C14H22N2OS. The van der Waals surface area contributed by atoms with Crippen molar-refractivity contribution in [3.05, 3.63) is 35.9 Å². The first-order chi connectivity index (χ1) is 8.59. The molecule has 1 atom stereocenters. The fourth-order valence-electron chi connectivity index (χ4n) is 1.68. The van der Waals surface area contributed by atoms with E-state index in [1.54, 1.807) is 0 Å². The highest BCUT2D eigenvalue weighted by molar-refractivity contribution is 7.98. The van der Waals surface area contributed by atoms with E-state index in [2.05, 4.69) is 17.4 Å². The van der Waals surface area contributed by atoms with Crippen LogP contribution in [-0.2, 0) is 10.5 Å². The Labute approximate surface area is 114 Å². The van der Waals surface area contributed by atoms with Gasteiger partial charge in [-0.05, 0) is 17.7 Å². The number of amides is 1. The van der Waals surface area contributed by atoms with Crippen LogP contribution >= 0.6 is 11.8 Å². The van der Waals surface area contributed by atoms with E-state index in [0.717, 1.165) is 17.9 Å². The molecule has 0 aliphatic heterocycles. The molecule has 0 radical (unpaired) electrons. The number of hydrogen-bond donors (Lipinski definition) is 2. The maximum atomic E-state index is 11.2. The van der Waals surface area contributed by atoms with Crippen molar-refractivity contribution < 1.29 is 4.79 Å². The molecule has 1 amide bonds. The maximum absolute atomic E-state index is 11.2. The third-order valence-electron chi connectivity index (χ3n) is 2.54. The Morgan fingerprint density at radius 3 is 2.56 bits per heavy atom. The molecule has 0 spiro atoms.